The Bertz CT molecular complexity index is 1120. The third-order valence-corrected chi connectivity index (χ3v) is 4.02. The lowest BCUT2D eigenvalue weighted by Crippen LogP contribution is -2.08. The lowest BCUT2D eigenvalue weighted by molar-refractivity contribution is 0.0430. The van der Waals surface area contributed by atoms with Gasteiger partial charge in [-0.15, -0.1) is 15.3 Å². The third kappa shape index (κ3) is 3.66. The van der Waals surface area contributed by atoms with E-state index in [1.165, 1.54) is 4.80 Å². The van der Waals surface area contributed by atoms with Crippen molar-refractivity contribution >= 4 is 5.97 Å². The average molecular weight is 375 g/mol. The fourth-order valence-corrected chi connectivity index (χ4v) is 2.65. The van der Waals surface area contributed by atoms with Gasteiger partial charge in [0.05, 0.1) is 11.4 Å². The zero-order valence-electron chi connectivity index (χ0n) is 15.4. The topological polar surface area (TPSA) is 95.9 Å². The van der Waals surface area contributed by atoms with Crippen LogP contribution in [0.15, 0.2) is 59.0 Å². The second-order valence-electron chi connectivity index (χ2n) is 6.21. The number of carbonyl (C=O) groups is 1. The van der Waals surface area contributed by atoms with Gasteiger partial charge >= 0.3 is 5.97 Å². The highest BCUT2D eigenvalue weighted by Crippen LogP contribution is 2.19. The van der Waals surface area contributed by atoms with Gasteiger partial charge in [-0.3, -0.25) is 0 Å². The van der Waals surface area contributed by atoms with Crippen LogP contribution in [0.5, 0.6) is 0 Å². The predicted molar refractivity (Wildman–Crippen MR) is 99.7 cm³/mol. The van der Waals surface area contributed by atoms with Crippen LogP contribution in [0.25, 0.3) is 17.1 Å². The Labute approximate surface area is 160 Å². The molecule has 0 unspecified atom stereocenters. The van der Waals surface area contributed by atoms with Crippen molar-refractivity contribution in [2.24, 2.45) is 0 Å². The first-order chi connectivity index (χ1) is 13.6. The molecule has 140 valence electrons. The van der Waals surface area contributed by atoms with E-state index in [0.29, 0.717) is 11.6 Å². The van der Waals surface area contributed by atoms with E-state index in [9.17, 15) is 4.79 Å². The van der Waals surface area contributed by atoms with Crippen LogP contribution >= 0.6 is 0 Å². The van der Waals surface area contributed by atoms with Crippen molar-refractivity contribution in [3.63, 3.8) is 0 Å². The van der Waals surface area contributed by atoms with Crippen molar-refractivity contribution < 1.29 is 13.9 Å². The lowest BCUT2D eigenvalue weighted by Gasteiger charge is -2.00. The number of aromatic nitrogens is 5. The van der Waals surface area contributed by atoms with Gasteiger partial charge in [-0.05, 0) is 38.1 Å². The molecule has 4 aromatic rings. The summed E-state index contributed by atoms with van der Waals surface area (Å²) in [5.74, 6) is -0.0195. The first-order valence-electron chi connectivity index (χ1n) is 8.66. The number of aryl methyl sites for hydroxylation is 2. The lowest BCUT2D eigenvalue weighted by atomic mass is 10.1. The molecule has 8 heteroatoms. The Kier molecular flexibility index (Phi) is 4.67. The van der Waals surface area contributed by atoms with E-state index in [1.807, 2.05) is 61.5 Å². The number of hydrogen-bond donors (Lipinski definition) is 0. The van der Waals surface area contributed by atoms with E-state index in [2.05, 4.69) is 20.4 Å². The maximum Gasteiger partial charge on any atom is 0.361 e. The molecule has 0 aliphatic heterocycles. The van der Waals surface area contributed by atoms with E-state index in [0.717, 1.165) is 16.8 Å². The average Bonchev–Trinajstić information content (AvgIpc) is 3.34. The summed E-state index contributed by atoms with van der Waals surface area (Å²) >= 11 is 0. The molecule has 0 saturated heterocycles. The molecule has 0 aliphatic carbocycles. The SMILES string of the molecule is Cc1cccc(-c2nnc(COC(=O)c3nn(-c4ccccc4)nc3C)o2)c1. The largest absolute Gasteiger partial charge is 0.451 e. The van der Waals surface area contributed by atoms with Gasteiger partial charge in [0, 0.05) is 5.56 Å². The van der Waals surface area contributed by atoms with E-state index in [1.54, 1.807) is 6.92 Å². The molecule has 8 nitrogen and oxygen atoms in total. The minimum absolute atomic E-state index is 0.141. The number of para-hydroxylation sites is 1. The molecule has 0 saturated carbocycles. The second-order valence-corrected chi connectivity index (χ2v) is 6.21. The van der Waals surface area contributed by atoms with Crippen LogP contribution in [-0.4, -0.2) is 31.2 Å². The number of ether oxygens (including phenoxy) is 1. The van der Waals surface area contributed by atoms with Gasteiger partial charge in [-0.2, -0.15) is 9.90 Å². The maximum absolute atomic E-state index is 12.4. The Morgan fingerprint density at radius 1 is 1.04 bits per heavy atom. The maximum atomic E-state index is 12.4. The van der Waals surface area contributed by atoms with E-state index < -0.39 is 5.97 Å². The Morgan fingerprint density at radius 3 is 2.64 bits per heavy atom. The quantitative estimate of drug-likeness (QED) is 0.494. The molecule has 0 fully saturated rings. The minimum Gasteiger partial charge on any atom is -0.451 e. The van der Waals surface area contributed by atoms with Gasteiger partial charge in [0.1, 0.15) is 0 Å². The molecule has 0 spiro atoms. The summed E-state index contributed by atoms with van der Waals surface area (Å²) in [6.07, 6.45) is 0. The molecule has 2 aromatic carbocycles. The second kappa shape index (κ2) is 7.43. The van der Waals surface area contributed by atoms with Gasteiger partial charge in [0.15, 0.2) is 12.3 Å². The molecule has 2 aromatic heterocycles. The zero-order valence-corrected chi connectivity index (χ0v) is 15.4. The van der Waals surface area contributed by atoms with E-state index in [-0.39, 0.29) is 18.2 Å². The zero-order chi connectivity index (χ0) is 19.5. The van der Waals surface area contributed by atoms with Crippen molar-refractivity contribution in [1.29, 1.82) is 0 Å². The summed E-state index contributed by atoms with van der Waals surface area (Å²) < 4.78 is 10.8. The Hall–Kier alpha value is -3.81. The summed E-state index contributed by atoms with van der Waals surface area (Å²) in [6.45, 7) is 3.54. The highest BCUT2D eigenvalue weighted by molar-refractivity contribution is 5.88. The van der Waals surface area contributed by atoms with Crippen LogP contribution in [0.2, 0.25) is 0 Å². The number of benzene rings is 2. The number of esters is 1. The van der Waals surface area contributed by atoms with E-state index in [4.69, 9.17) is 9.15 Å². The highest BCUT2D eigenvalue weighted by Gasteiger charge is 2.19. The van der Waals surface area contributed by atoms with E-state index >= 15 is 0 Å². The fourth-order valence-electron chi connectivity index (χ4n) is 2.65. The first-order valence-corrected chi connectivity index (χ1v) is 8.66. The first kappa shape index (κ1) is 17.6. The normalized spacial score (nSPS) is 10.8. The number of rotatable bonds is 5. The van der Waals surface area contributed by atoms with Crippen LogP contribution < -0.4 is 0 Å². The van der Waals surface area contributed by atoms with Gasteiger partial charge in [-0.25, -0.2) is 4.79 Å². The van der Waals surface area contributed by atoms with Crippen molar-refractivity contribution in [3.05, 3.63) is 77.4 Å². The summed E-state index contributed by atoms with van der Waals surface area (Å²) in [7, 11) is 0. The standard InChI is InChI=1S/C20H17N5O3/c1-13-7-6-8-15(11-13)19-22-21-17(28-19)12-27-20(26)18-14(2)23-25(24-18)16-9-4-3-5-10-16/h3-11H,12H2,1-2H3. The van der Waals surface area contributed by atoms with Crippen molar-refractivity contribution in [3.8, 4) is 17.1 Å². The number of nitrogens with zero attached hydrogens (tertiary/aromatic N) is 5. The van der Waals surface area contributed by atoms with Gasteiger partial charge < -0.3 is 9.15 Å². The molecule has 0 aliphatic rings. The summed E-state index contributed by atoms with van der Waals surface area (Å²) in [6, 6.07) is 17.0. The molecule has 4 rings (SSSR count). The number of carbonyl (C=O) groups excluding carboxylic acids is 1. The van der Waals surface area contributed by atoms with Crippen molar-refractivity contribution in [1.82, 2.24) is 25.2 Å². The Morgan fingerprint density at radius 2 is 1.86 bits per heavy atom. The van der Waals surface area contributed by atoms with Crippen LogP contribution in [-0.2, 0) is 11.3 Å². The van der Waals surface area contributed by atoms with Crippen molar-refractivity contribution in [2.75, 3.05) is 0 Å². The fraction of sp³-hybridized carbons (Fsp3) is 0.150. The molecule has 0 N–H and O–H groups in total. The minimum atomic E-state index is -0.602. The van der Waals surface area contributed by atoms with Crippen LogP contribution in [0.1, 0.15) is 27.6 Å². The molecule has 0 atom stereocenters. The van der Waals surface area contributed by atoms with Crippen LogP contribution in [0, 0.1) is 13.8 Å². The third-order valence-electron chi connectivity index (χ3n) is 4.02. The smallest absolute Gasteiger partial charge is 0.361 e. The predicted octanol–water partition coefficient (Wildman–Crippen LogP) is 3.29. The monoisotopic (exact) mass is 375 g/mol. The van der Waals surface area contributed by atoms with Crippen LogP contribution in [0.3, 0.4) is 0 Å². The molecule has 0 amide bonds. The summed E-state index contributed by atoms with van der Waals surface area (Å²) in [4.78, 5) is 13.8. The molecule has 0 radical (unpaired) electrons. The Balaban J connectivity index is 1.45. The van der Waals surface area contributed by atoms with Crippen molar-refractivity contribution in [2.45, 2.75) is 20.5 Å². The van der Waals surface area contributed by atoms with Gasteiger partial charge in [0.2, 0.25) is 5.89 Å². The van der Waals surface area contributed by atoms with Crippen LogP contribution in [0.4, 0.5) is 0 Å². The number of hydrogen-bond acceptors (Lipinski definition) is 7. The summed E-state index contributed by atoms with van der Waals surface area (Å²) in [5, 5.41) is 16.4. The highest BCUT2D eigenvalue weighted by atomic mass is 16.5. The molecule has 2 heterocycles. The van der Waals surface area contributed by atoms with Gasteiger partial charge in [0.25, 0.3) is 5.89 Å². The molecular formula is C20H17N5O3. The molecular weight excluding hydrogens is 358 g/mol. The van der Waals surface area contributed by atoms with Gasteiger partial charge in [-0.1, -0.05) is 35.9 Å². The molecule has 28 heavy (non-hydrogen) atoms. The summed E-state index contributed by atoms with van der Waals surface area (Å²) in [5.41, 5.74) is 3.26. The molecule has 0 bridgehead atoms.